The normalized spacial score (nSPS) is 17.6. The molecule has 17 heavy (non-hydrogen) atoms. The van der Waals surface area contributed by atoms with E-state index in [0.717, 1.165) is 24.3 Å². The number of rotatable bonds is 5. The maximum atomic E-state index is 9.11. The van der Waals surface area contributed by atoms with Gasteiger partial charge in [0, 0.05) is 5.41 Å². The predicted octanol–water partition coefficient (Wildman–Crippen LogP) is 1.09. The summed E-state index contributed by atoms with van der Waals surface area (Å²) in [6, 6.07) is 5.35. The van der Waals surface area contributed by atoms with E-state index < -0.39 is 0 Å². The van der Waals surface area contributed by atoms with Crippen molar-refractivity contribution < 1.29 is 19.7 Å². The quantitative estimate of drug-likeness (QED) is 0.806. The van der Waals surface area contributed by atoms with E-state index in [-0.39, 0.29) is 18.6 Å². The molecule has 1 aromatic rings. The third kappa shape index (κ3) is 2.97. The number of ether oxygens (including phenoxy) is 2. The van der Waals surface area contributed by atoms with Crippen LogP contribution in [0, 0.1) is 5.41 Å². The van der Waals surface area contributed by atoms with Crippen LogP contribution in [-0.2, 0) is 18.0 Å². The predicted molar refractivity (Wildman–Crippen MR) is 62.7 cm³/mol. The molecule has 0 amide bonds. The first-order valence-corrected chi connectivity index (χ1v) is 5.70. The van der Waals surface area contributed by atoms with Crippen LogP contribution in [0.15, 0.2) is 18.2 Å². The molecular formula is C13H18O4. The lowest BCUT2D eigenvalue weighted by Gasteiger charge is -2.37. The molecule has 1 aliphatic heterocycles. The highest BCUT2D eigenvalue weighted by Gasteiger charge is 2.34. The topological polar surface area (TPSA) is 58.9 Å². The highest BCUT2D eigenvalue weighted by atomic mass is 16.5. The standard InChI is InChI=1S/C13H18O4/c1-13(7-16-8-13)9-17-12-3-10(5-14)2-11(4-12)6-15/h2-4,14-15H,5-9H2,1H3. The van der Waals surface area contributed by atoms with Crippen LogP contribution in [0.4, 0.5) is 0 Å². The van der Waals surface area contributed by atoms with Crippen LogP contribution >= 0.6 is 0 Å². The van der Waals surface area contributed by atoms with Gasteiger partial charge in [0.1, 0.15) is 5.75 Å². The Morgan fingerprint density at radius 1 is 1.18 bits per heavy atom. The average Bonchev–Trinajstić information content (AvgIpc) is 2.33. The van der Waals surface area contributed by atoms with E-state index in [4.69, 9.17) is 19.7 Å². The van der Waals surface area contributed by atoms with Crippen molar-refractivity contribution in [2.24, 2.45) is 5.41 Å². The van der Waals surface area contributed by atoms with Gasteiger partial charge in [0.2, 0.25) is 0 Å². The first-order valence-electron chi connectivity index (χ1n) is 5.70. The van der Waals surface area contributed by atoms with E-state index >= 15 is 0 Å². The van der Waals surface area contributed by atoms with Gasteiger partial charge in [-0.15, -0.1) is 0 Å². The van der Waals surface area contributed by atoms with E-state index in [1.54, 1.807) is 18.2 Å². The van der Waals surface area contributed by atoms with Gasteiger partial charge in [0.05, 0.1) is 33.0 Å². The molecule has 0 unspecified atom stereocenters. The molecule has 94 valence electrons. The van der Waals surface area contributed by atoms with Crippen LogP contribution in [0.3, 0.4) is 0 Å². The Balaban J connectivity index is 2.03. The van der Waals surface area contributed by atoms with Crippen LogP contribution in [0.25, 0.3) is 0 Å². The molecule has 2 rings (SSSR count). The van der Waals surface area contributed by atoms with Crippen LogP contribution in [0.5, 0.6) is 5.75 Å². The molecule has 4 heteroatoms. The fourth-order valence-electron chi connectivity index (χ4n) is 1.79. The van der Waals surface area contributed by atoms with Gasteiger partial charge in [-0.2, -0.15) is 0 Å². The summed E-state index contributed by atoms with van der Waals surface area (Å²) in [7, 11) is 0. The second-order valence-corrected chi connectivity index (χ2v) is 4.89. The number of benzene rings is 1. The zero-order valence-electron chi connectivity index (χ0n) is 9.98. The lowest BCUT2D eigenvalue weighted by Crippen LogP contribution is -2.44. The molecule has 0 atom stereocenters. The second kappa shape index (κ2) is 5.04. The van der Waals surface area contributed by atoms with Crippen molar-refractivity contribution in [1.82, 2.24) is 0 Å². The first kappa shape index (κ1) is 12.4. The van der Waals surface area contributed by atoms with Crippen molar-refractivity contribution in [1.29, 1.82) is 0 Å². The number of aliphatic hydroxyl groups excluding tert-OH is 2. The number of aliphatic hydroxyl groups is 2. The molecule has 1 fully saturated rings. The Hall–Kier alpha value is -1.10. The molecule has 1 aromatic carbocycles. The molecule has 1 saturated heterocycles. The molecule has 0 spiro atoms. The molecule has 2 N–H and O–H groups in total. The van der Waals surface area contributed by atoms with Gasteiger partial charge in [-0.25, -0.2) is 0 Å². The SMILES string of the molecule is CC1(COc2cc(CO)cc(CO)c2)COC1. The van der Waals surface area contributed by atoms with Gasteiger partial charge >= 0.3 is 0 Å². The van der Waals surface area contributed by atoms with Crippen molar-refractivity contribution >= 4 is 0 Å². The van der Waals surface area contributed by atoms with Crippen molar-refractivity contribution in [3.8, 4) is 5.75 Å². The maximum absolute atomic E-state index is 9.11. The zero-order valence-corrected chi connectivity index (χ0v) is 9.98. The molecule has 4 nitrogen and oxygen atoms in total. The van der Waals surface area contributed by atoms with E-state index in [1.807, 2.05) is 0 Å². The van der Waals surface area contributed by atoms with E-state index in [2.05, 4.69) is 6.92 Å². The van der Waals surface area contributed by atoms with Gasteiger partial charge in [0.25, 0.3) is 0 Å². The number of hydrogen-bond acceptors (Lipinski definition) is 4. The van der Waals surface area contributed by atoms with E-state index in [0.29, 0.717) is 12.4 Å². The van der Waals surface area contributed by atoms with Crippen LogP contribution in [0.2, 0.25) is 0 Å². The Morgan fingerprint density at radius 2 is 1.76 bits per heavy atom. The fraction of sp³-hybridized carbons (Fsp3) is 0.538. The monoisotopic (exact) mass is 238 g/mol. The lowest BCUT2D eigenvalue weighted by atomic mass is 9.90. The summed E-state index contributed by atoms with van der Waals surface area (Å²) in [6.07, 6.45) is 0. The molecule has 1 heterocycles. The Bertz CT molecular complexity index is 363. The highest BCUT2D eigenvalue weighted by molar-refractivity contribution is 5.34. The van der Waals surface area contributed by atoms with Crippen molar-refractivity contribution in [3.63, 3.8) is 0 Å². The fourth-order valence-corrected chi connectivity index (χ4v) is 1.79. The van der Waals surface area contributed by atoms with Gasteiger partial charge < -0.3 is 19.7 Å². The van der Waals surface area contributed by atoms with Crippen LogP contribution in [0.1, 0.15) is 18.1 Å². The minimum absolute atomic E-state index is 0.0510. The van der Waals surface area contributed by atoms with Gasteiger partial charge in [-0.3, -0.25) is 0 Å². The van der Waals surface area contributed by atoms with Crippen molar-refractivity contribution in [2.75, 3.05) is 19.8 Å². The summed E-state index contributed by atoms with van der Waals surface area (Å²) < 4.78 is 10.9. The summed E-state index contributed by atoms with van der Waals surface area (Å²) >= 11 is 0. The third-order valence-corrected chi connectivity index (χ3v) is 2.88. The van der Waals surface area contributed by atoms with Gasteiger partial charge in [0.15, 0.2) is 0 Å². The molecule has 0 aromatic heterocycles. The van der Waals surface area contributed by atoms with Crippen LogP contribution < -0.4 is 4.74 Å². The Labute approximate surface area is 101 Å². The summed E-state index contributed by atoms with van der Waals surface area (Å²) in [4.78, 5) is 0. The van der Waals surface area contributed by atoms with Crippen molar-refractivity contribution in [2.45, 2.75) is 20.1 Å². The maximum Gasteiger partial charge on any atom is 0.120 e. The summed E-state index contributed by atoms with van der Waals surface area (Å²) in [5, 5.41) is 18.2. The Morgan fingerprint density at radius 3 is 2.18 bits per heavy atom. The third-order valence-electron chi connectivity index (χ3n) is 2.88. The van der Waals surface area contributed by atoms with E-state index in [1.165, 1.54) is 0 Å². The van der Waals surface area contributed by atoms with E-state index in [9.17, 15) is 0 Å². The molecule has 1 aliphatic rings. The zero-order chi connectivity index (χ0) is 12.3. The summed E-state index contributed by atoms with van der Waals surface area (Å²) in [5.74, 6) is 0.689. The molecule has 0 bridgehead atoms. The number of hydrogen-bond donors (Lipinski definition) is 2. The molecule has 0 saturated carbocycles. The second-order valence-electron chi connectivity index (χ2n) is 4.89. The highest BCUT2D eigenvalue weighted by Crippen LogP contribution is 2.28. The molecular weight excluding hydrogens is 220 g/mol. The van der Waals surface area contributed by atoms with Gasteiger partial charge in [-0.1, -0.05) is 13.0 Å². The molecule has 0 radical (unpaired) electrons. The average molecular weight is 238 g/mol. The van der Waals surface area contributed by atoms with Crippen LogP contribution in [-0.4, -0.2) is 30.0 Å². The molecule has 0 aliphatic carbocycles. The minimum atomic E-state index is -0.0510. The summed E-state index contributed by atoms with van der Waals surface area (Å²) in [6.45, 7) is 4.04. The summed E-state index contributed by atoms with van der Waals surface area (Å²) in [5.41, 5.74) is 1.59. The minimum Gasteiger partial charge on any atom is -0.493 e. The smallest absolute Gasteiger partial charge is 0.120 e. The van der Waals surface area contributed by atoms with Crippen molar-refractivity contribution in [3.05, 3.63) is 29.3 Å². The first-order chi connectivity index (χ1) is 8.15. The Kier molecular flexibility index (Phi) is 3.66. The largest absolute Gasteiger partial charge is 0.493 e. The van der Waals surface area contributed by atoms with Gasteiger partial charge in [-0.05, 0) is 23.3 Å². The lowest BCUT2D eigenvalue weighted by molar-refractivity contribution is -0.120.